The SMILES string of the molecule is CC(Cc1cn(C(=O)O)cn1)N[C@H](C(=O)[C@@H]1CC[C@](C)(C(=O)O)C1(C)C)c1ccc(Cl)c(Cl)c1. The number of aromatic nitrogens is 2. The van der Waals surface area contributed by atoms with Crippen molar-refractivity contribution in [3.63, 3.8) is 0 Å². The molecule has 8 nitrogen and oxygen atoms in total. The fourth-order valence-electron chi connectivity index (χ4n) is 4.85. The summed E-state index contributed by atoms with van der Waals surface area (Å²) in [6.45, 7) is 7.25. The third kappa shape index (κ3) is 4.85. The normalized spacial score (nSPS) is 23.4. The zero-order chi connectivity index (χ0) is 25.4. The molecular weight excluding hydrogens is 481 g/mol. The third-order valence-corrected chi connectivity index (χ3v) is 8.17. The molecule has 2 aromatic rings. The Morgan fingerprint density at radius 1 is 1.21 bits per heavy atom. The molecule has 0 bridgehead atoms. The molecule has 1 aromatic heterocycles. The largest absolute Gasteiger partial charge is 0.481 e. The summed E-state index contributed by atoms with van der Waals surface area (Å²) in [6, 6.07) is 3.99. The summed E-state index contributed by atoms with van der Waals surface area (Å²) < 4.78 is 0.970. The van der Waals surface area contributed by atoms with Gasteiger partial charge < -0.3 is 15.5 Å². The van der Waals surface area contributed by atoms with E-state index in [1.54, 1.807) is 25.1 Å². The maximum absolute atomic E-state index is 13.9. The van der Waals surface area contributed by atoms with Crippen LogP contribution in [0.2, 0.25) is 10.0 Å². The Kier molecular flexibility index (Phi) is 7.45. The van der Waals surface area contributed by atoms with Crippen molar-refractivity contribution in [2.24, 2.45) is 16.7 Å². The third-order valence-electron chi connectivity index (χ3n) is 7.43. The minimum absolute atomic E-state index is 0.115. The van der Waals surface area contributed by atoms with Crippen molar-refractivity contribution in [3.8, 4) is 0 Å². The van der Waals surface area contributed by atoms with E-state index in [2.05, 4.69) is 10.3 Å². The monoisotopic (exact) mass is 509 g/mol. The quantitative estimate of drug-likeness (QED) is 0.453. The molecule has 184 valence electrons. The summed E-state index contributed by atoms with van der Waals surface area (Å²) in [7, 11) is 0. The van der Waals surface area contributed by atoms with Crippen LogP contribution in [0, 0.1) is 16.7 Å². The molecule has 1 heterocycles. The lowest BCUT2D eigenvalue weighted by Crippen LogP contribution is -2.46. The molecule has 34 heavy (non-hydrogen) atoms. The Labute approximate surface area is 208 Å². The van der Waals surface area contributed by atoms with Gasteiger partial charge in [0.2, 0.25) is 0 Å². The summed E-state index contributed by atoms with van der Waals surface area (Å²) in [6.07, 6.45) is 2.77. The van der Waals surface area contributed by atoms with Gasteiger partial charge in [-0.1, -0.05) is 43.1 Å². The first-order valence-corrected chi connectivity index (χ1v) is 11.8. The van der Waals surface area contributed by atoms with Gasteiger partial charge in [0.25, 0.3) is 0 Å². The fourth-order valence-corrected chi connectivity index (χ4v) is 5.15. The van der Waals surface area contributed by atoms with Crippen LogP contribution < -0.4 is 5.32 Å². The Morgan fingerprint density at radius 3 is 2.41 bits per heavy atom. The number of hydrogen-bond donors (Lipinski definition) is 3. The number of carbonyl (C=O) groups is 3. The molecule has 0 radical (unpaired) electrons. The van der Waals surface area contributed by atoms with E-state index in [9.17, 15) is 19.5 Å². The van der Waals surface area contributed by atoms with Gasteiger partial charge in [0.05, 0.1) is 27.2 Å². The second-order valence-corrected chi connectivity index (χ2v) is 10.6. The van der Waals surface area contributed by atoms with E-state index in [1.165, 1.54) is 12.5 Å². The number of Topliss-reactive ketones (excluding diaryl/α,β-unsaturated/α-hetero) is 1. The Hall–Kier alpha value is -2.42. The van der Waals surface area contributed by atoms with E-state index in [-0.39, 0.29) is 11.8 Å². The van der Waals surface area contributed by atoms with Gasteiger partial charge in [-0.15, -0.1) is 0 Å². The number of nitrogens with one attached hydrogen (secondary N) is 1. The summed E-state index contributed by atoms with van der Waals surface area (Å²) in [5, 5.41) is 23.0. The number of aliphatic carboxylic acids is 1. The van der Waals surface area contributed by atoms with Crippen molar-refractivity contribution >= 4 is 41.0 Å². The number of imidazole rings is 1. The highest BCUT2D eigenvalue weighted by Gasteiger charge is 2.58. The second-order valence-electron chi connectivity index (χ2n) is 9.79. The van der Waals surface area contributed by atoms with Crippen molar-refractivity contribution in [3.05, 3.63) is 52.0 Å². The molecule has 0 amide bonds. The maximum atomic E-state index is 13.9. The van der Waals surface area contributed by atoms with Gasteiger partial charge in [-0.25, -0.2) is 14.3 Å². The van der Waals surface area contributed by atoms with Crippen LogP contribution in [0.4, 0.5) is 4.79 Å². The number of carboxylic acid groups (broad SMARTS) is 2. The van der Waals surface area contributed by atoms with Gasteiger partial charge in [0, 0.05) is 24.6 Å². The number of halogens is 2. The van der Waals surface area contributed by atoms with Crippen molar-refractivity contribution in [2.75, 3.05) is 0 Å². The summed E-state index contributed by atoms with van der Waals surface area (Å²) in [4.78, 5) is 41.2. The van der Waals surface area contributed by atoms with E-state index >= 15 is 0 Å². The van der Waals surface area contributed by atoms with Crippen LogP contribution in [0.1, 0.15) is 57.8 Å². The molecular formula is C24H29Cl2N3O5. The van der Waals surface area contributed by atoms with Gasteiger partial charge in [-0.05, 0) is 49.8 Å². The van der Waals surface area contributed by atoms with E-state index in [0.29, 0.717) is 40.6 Å². The highest BCUT2D eigenvalue weighted by Crippen LogP contribution is 2.57. The molecule has 0 spiro atoms. The summed E-state index contributed by atoms with van der Waals surface area (Å²) in [5.74, 6) is -1.51. The lowest BCUT2D eigenvalue weighted by Gasteiger charge is -2.39. The van der Waals surface area contributed by atoms with Crippen molar-refractivity contribution in [2.45, 2.75) is 59.0 Å². The molecule has 1 aliphatic rings. The Morgan fingerprint density at radius 2 is 1.88 bits per heavy atom. The number of benzene rings is 1. The topological polar surface area (TPSA) is 122 Å². The smallest absolute Gasteiger partial charge is 0.416 e. The lowest BCUT2D eigenvalue weighted by molar-refractivity contribution is -0.155. The average Bonchev–Trinajstić information content (AvgIpc) is 3.31. The minimum Gasteiger partial charge on any atom is -0.481 e. The molecule has 10 heteroatoms. The van der Waals surface area contributed by atoms with Gasteiger partial charge in [-0.3, -0.25) is 9.59 Å². The lowest BCUT2D eigenvalue weighted by atomic mass is 9.64. The maximum Gasteiger partial charge on any atom is 0.416 e. The molecule has 3 rings (SSSR count). The summed E-state index contributed by atoms with van der Waals surface area (Å²) >= 11 is 12.3. The molecule has 4 atom stereocenters. The molecule has 1 saturated carbocycles. The first-order chi connectivity index (χ1) is 15.8. The highest BCUT2D eigenvalue weighted by molar-refractivity contribution is 6.42. The zero-order valence-corrected chi connectivity index (χ0v) is 21.0. The number of hydrogen-bond acceptors (Lipinski definition) is 5. The Balaban J connectivity index is 1.90. The van der Waals surface area contributed by atoms with Crippen LogP contribution >= 0.6 is 23.2 Å². The fraction of sp³-hybridized carbons (Fsp3) is 0.500. The van der Waals surface area contributed by atoms with Crippen molar-refractivity contribution in [1.82, 2.24) is 14.9 Å². The van der Waals surface area contributed by atoms with Crippen LogP contribution in [0.5, 0.6) is 0 Å². The minimum atomic E-state index is -1.13. The van der Waals surface area contributed by atoms with E-state index in [0.717, 1.165) is 4.57 Å². The molecule has 0 aliphatic heterocycles. The van der Waals surface area contributed by atoms with E-state index in [1.807, 2.05) is 20.8 Å². The number of rotatable bonds is 8. The molecule has 1 fully saturated rings. The van der Waals surface area contributed by atoms with Gasteiger partial charge in [0.15, 0.2) is 5.78 Å². The molecule has 1 aromatic carbocycles. The van der Waals surface area contributed by atoms with Crippen LogP contribution in [0.25, 0.3) is 0 Å². The van der Waals surface area contributed by atoms with Gasteiger partial charge in [0.1, 0.15) is 6.33 Å². The predicted molar refractivity (Wildman–Crippen MR) is 128 cm³/mol. The molecule has 1 aliphatic carbocycles. The first-order valence-electron chi connectivity index (χ1n) is 11.0. The number of nitrogens with zero attached hydrogens (tertiary/aromatic N) is 2. The zero-order valence-electron chi connectivity index (χ0n) is 19.5. The number of ketones is 1. The number of carboxylic acids is 1. The van der Waals surface area contributed by atoms with Crippen molar-refractivity contribution in [1.29, 1.82) is 0 Å². The Bertz CT molecular complexity index is 1120. The molecule has 0 saturated heterocycles. The van der Waals surface area contributed by atoms with Crippen LogP contribution in [-0.2, 0) is 16.0 Å². The first kappa shape index (κ1) is 26.2. The average molecular weight is 510 g/mol. The van der Waals surface area contributed by atoms with Gasteiger partial charge in [-0.2, -0.15) is 0 Å². The molecule has 1 unspecified atom stereocenters. The second kappa shape index (κ2) is 9.68. The standard InChI is InChI=1S/C24H29Cl2N3O5/c1-13(9-15-11-29(12-27-15)22(33)34)28-19(14-5-6-17(25)18(26)10-14)20(30)16-7-8-24(4,21(31)32)23(16,2)3/h5-6,10-13,16,19,28H,7-9H2,1-4H3,(H,31,32)(H,33,34)/t13?,16-,19-,24+/m0/s1. The van der Waals surface area contributed by atoms with E-state index < -0.39 is 34.9 Å². The van der Waals surface area contributed by atoms with Crippen LogP contribution in [0.15, 0.2) is 30.7 Å². The predicted octanol–water partition coefficient (Wildman–Crippen LogP) is 5.07. The van der Waals surface area contributed by atoms with Crippen LogP contribution in [0.3, 0.4) is 0 Å². The molecule has 3 N–H and O–H groups in total. The van der Waals surface area contributed by atoms with Crippen molar-refractivity contribution < 1.29 is 24.6 Å². The van der Waals surface area contributed by atoms with Gasteiger partial charge >= 0.3 is 12.1 Å². The summed E-state index contributed by atoms with van der Waals surface area (Å²) in [5.41, 5.74) is -0.607. The highest BCUT2D eigenvalue weighted by atomic mass is 35.5. The van der Waals surface area contributed by atoms with Crippen LogP contribution in [-0.4, -0.2) is 43.7 Å². The van der Waals surface area contributed by atoms with E-state index in [4.69, 9.17) is 28.3 Å². The number of carbonyl (C=O) groups excluding carboxylic acids is 1.